The number of benzene rings is 1. The first-order valence-corrected chi connectivity index (χ1v) is 6.23. The Morgan fingerprint density at radius 3 is 2.74 bits per heavy atom. The zero-order valence-corrected chi connectivity index (χ0v) is 10.5. The lowest BCUT2D eigenvalue weighted by Crippen LogP contribution is -2.19. The van der Waals surface area contributed by atoms with E-state index in [0.717, 1.165) is 0 Å². The second-order valence-electron chi connectivity index (χ2n) is 3.74. The molecule has 1 atom stereocenters. The fourth-order valence-corrected chi connectivity index (χ4v) is 2.35. The third-order valence-electron chi connectivity index (χ3n) is 2.44. The van der Waals surface area contributed by atoms with Gasteiger partial charge in [0, 0.05) is 22.7 Å². The smallest absolute Gasteiger partial charge is 0.331 e. The van der Waals surface area contributed by atoms with E-state index in [2.05, 4.69) is 5.32 Å². The number of anilines is 1. The van der Waals surface area contributed by atoms with E-state index in [4.69, 9.17) is 0 Å². The summed E-state index contributed by atoms with van der Waals surface area (Å²) in [6.07, 6.45) is 0. The molecule has 98 valence electrons. The maximum Gasteiger partial charge on any atom is 0.331 e. The fraction of sp³-hybridized carbons (Fsp3) is 0.0833. The van der Waals surface area contributed by atoms with Crippen molar-refractivity contribution in [1.82, 2.24) is 0 Å². The number of carbonyl (C=O) groups is 1. The molecule has 0 aliphatic carbocycles. The number of nitrogens with one attached hydrogen (secondary N) is 1. The molecule has 19 heavy (non-hydrogen) atoms. The lowest BCUT2D eigenvalue weighted by atomic mass is 10.2. The van der Waals surface area contributed by atoms with Gasteiger partial charge in [-0.15, -0.1) is 11.3 Å². The summed E-state index contributed by atoms with van der Waals surface area (Å²) in [5, 5.41) is 24.4. The Morgan fingerprint density at radius 2 is 2.16 bits per heavy atom. The van der Waals surface area contributed by atoms with Gasteiger partial charge >= 0.3 is 5.97 Å². The van der Waals surface area contributed by atoms with E-state index >= 15 is 0 Å². The van der Waals surface area contributed by atoms with Crippen molar-refractivity contribution in [1.29, 1.82) is 0 Å². The minimum absolute atomic E-state index is 0.0830. The maximum absolute atomic E-state index is 11.2. The van der Waals surface area contributed by atoms with Crippen LogP contribution in [0, 0.1) is 10.1 Å². The van der Waals surface area contributed by atoms with Crippen molar-refractivity contribution in [3.63, 3.8) is 0 Å². The van der Waals surface area contributed by atoms with Crippen molar-refractivity contribution >= 4 is 28.7 Å². The zero-order chi connectivity index (χ0) is 13.8. The molecular weight excluding hydrogens is 268 g/mol. The summed E-state index contributed by atoms with van der Waals surface area (Å²) in [5.74, 6) is -1.03. The van der Waals surface area contributed by atoms with Crippen LogP contribution in [0.4, 0.5) is 11.4 Å². The third kappa shape index (κ3) is 3.08. The molecular formula is C12H10N2O4S. The number of non-ortho nitro benzene ring substituents is 1. The van der Waals surface area contributed by atoms with E-state index in [1.165, 1.54) is 29.5 Å². The summed E-state index contributed by atoms with van der Waals surface area (Å²) in [5.41, 5.74) is 0.315. The molecule has 7 heteroatoms. The second kappa shape index (κ2) is 5.49. The van der Waals surface area contributed by atoms with E-state index in [0.29, 0.717) is 10.6 Å². The molecule has 6 nitrogen and oxygen atoms in total. The molecule has 0 fully saturated rings. The van der Waals surface area contributed by atoms with Gasteiger partial charge in [-0.3, -0.25) is 10.1 Å². The van der Waals surface area contributed by atoms with Crippen LogP contribution >= 0.6 is 11.3 Å². The highest BCUT2D eigenvalue weighted by Gasteiger charge is 2.21. The van der Waals surface area contributed by atoms with E-state index in [1.54, 1.807) is 23.6 Å². The number of aliphatic carboxylic acids is 1. The molecule has 0 aliphatic heterocycles. The minimum atomic E-state index is -1.03. The molecule has 2 aromatic rings. The largest absolute Gasteiger partial charge is 0.479 e. The number of carboxylic acid groups (broad SMARTS) is 1. The van der Waals surface area contributed by atoms with Crippen LogP contribution in [-0.4, -0.2) is 16.0 Å². The summed E-state index contributed by atoms with van der Waals surface area (Å²) in [7, 11) is 0. The molecule has 1 unspecified atom stereocenters. The van der Waals surface area contributed by atoms with Crippen molar-refractivity contribution in [3.05, 3.63) is 56.8 Å². The van der Waals surface area contributed by atoms with Gasteiger partial charge in [-0.25, -0.2) is 4.79 Å². The molecule has 0 saturated carbocycles. The normalized spacial score (nSPS) is 11.8. The van der Waals surface area contributed by atoms with Crippen LogP contribution < -0.4 is 5.32 Å². The van der Waals surface area contributed by atoms with Gasteiger partial charge in [0.05, 0.1) is 4.92 Å². The molecule has 1 heterocycles. The Labute approximate surface area is 112 Å². The van der Waals surface area contributed by atoms with Gasteiger partial charge in [-0.05, 0) is 17.5 Å². The average Bonchev–Trinajstić information content (AvgIpc) is 2.89. The summed E-state index contributed by atoms with van der Waals surface area (Å²) >= 11 is 1.31. The van der Waals surface area contributed by atoms with Gasteiger partial charge in [-0.2, -0.15) is 0 Å². The standard InChI is InChI=1S/C12H10N2O4S/c15-12(16)11(10-5-2-6-19-10)13-8-3-1-4-9(7-8)14(17)18/h1-7,11,13H,(H,15,16). The summed E-state index contributed by atoms with van der Waals surface area (Å²) in [4.78, 5) is 22.0. The van der Waals surface area contributed by atoms with Gasteiger partial charge in [0.15, 0.2) is 6.04 Å². The second-order valence-corrected chi connectivity index (χ2v) is 4.72. The Morgan fingerprint density at radius 1 is 1.37 bits per heavy atom. The first-order chi connectivity index (χ1) is 9.08. The van der Waals surface area contributed by atoms with Crippen LogP contribution in [0.3, 0.4) is 0 Å². The summed E-state index contributed by atoms with van der Waals surface area (Å²) in [6.45, 7) is 0. The Bertz CT molecular complexity index is 598. The number of nitro groups is 1. The number of hydrogen-bond donors (Lipinski definition) is 2. The molecule has 0 saturated heterocycles. The third-order valence-corrected chi connectivity index (χ3v) is 3.38. The molecule has 0 amide bonds. The first-order valence-electron chi connectivity index (χ1n) is 5.35. The van der Waals surface area contributed by atoms with Gasteiger partial charge < -0.3 is 10.4 Å². The SMILES string of the molecule is O=C(O)C(Nc1cccc([N+](=O)[O-])c1)c1cccs1. The van der Waals surface area contributed by atoms with Crippen LogP contribution in [0.15, 0.2) is 41.8 Å². The van der Waals surface area contributed by atoms with Gasteiger partial charge in [0.1, 0.15) is 0 Å². The molecule has 1 aromatic heterocycles. The van der Waals surface area contributed by atoms with Gasteiger partial charge in [0.25, 0.3) is 5.69 Å². The van der Waals surface area contributed by atoms with Crippen molar-refractivity contribution in [2.24, 2.45) is 0 Å². The summed E-state index contributed by atoms with van der Waals surface area (Å²) < 4.78 is 0. The number of rotatable bonds is 5. The highest BCUT2D eigenvalue weighted by Crippen LogP contribution is 2.25. The van der Waals surface area contributed by atoms with Gasteiger partial charge in [-0.1, -0.05) is 12.1 Å². The monoisotopic (exact) mass is 278 g/mol. The molecule has 0 aliphatic rings. The zero-order valence-electron chi connectivity index (χ0n) is 9.65. The highest BCUT2D eigenvalue weighted by molar-refractivity contribution is 7.10. The molecule has 0 spiro atoms. The minimum Gasteiger partial charge on any atom is -0.479 e. The molecule has 1 aromatic carbocycles. The van der Waals surface area contributed by atoms with Crippen molar-refractivity contribution in [2.45, 2.75) is 6.04 Å². The molecule has 2 rings (SSSR count). The number of nitro benzene ring substituents is 1. The number of carboxylic acids is 1. The van der Waals surface area contributed by atoms with Crippen LogP contribution in [0.25, 0.3) is 0 Å². The van der Waals surface area contributed by atoms with Crippen molar-refractivity contribution in [3.8, 4) is 0 Å². The van der Waals surface area contributed by atoms with Crippen molar-refractivity contribution < 1.29 is 14.8 Å². The van der Waals surface area contributed by atoms with Crippen molar-refractivity contribution in [2.75, 3.05) is 5.32 Å². The van der Waals surface area contributed by atoms with E-state index in [9.17, 15) is 20.0 Å². The van der Waals surface area contributed by atoms with Crippen LogP contribution in [0.5, 0.6) is 0 Å². The van der Waals surface area contributed by atoms with E-state index < -0.39 is 16.9 Å². The number of thiophene rings is 1. The quantitative estimate of drug-likeness (QED) is 0.648. The van der Waals surface area contributed by atoms with Gasteiger partial charge in [0.2, 0.25) is 0 Å². The van der Waals surface area contributed by atoms with Crippen LogP contribution in [0.1, 0.15) is 10.9 Å². The molecule has 0 radical (unpaired) electrons. The predicted octanol–water partition coefficient (Wildman–Crippen LogP) is 2.89. The fourth-order valence-electron chi connectivity index (χ4n) is 1.59. The average molecular weight is 278 g/mol. The Balaban J connectivity index is 2.25. The highest BCUT2D eigenvalue weighted by atomic mass is 32.1. The van der Waals surface area contributed by atoms with E-state index in [-0.39, 0.29) is 5.69 Å². The van der Waals surface area contributed by atoms with Crippen LogP contribution in [-0.2, 0) is 4.79 Å². The predicted molar refractivity (Wildman–Crippen MR) is 71.4 cm³/mol. The molecule has 2 N–H and O–H groups in total. The lowest BCUT2D eigenvalue weighted by Gasteiger charge is -2.14. The number of hydrogen-bond acceptors (Lipinski definition) is 5. The Kier molecular flexibility index (Phi) is 3.76. The maximum atomic E-state index is 11.2. The Hall–Kier alpha value is -2.41. The van der Waals surface area contributed by atoms with Crippen LogP contribution in [0.2, 0.25) is 0 Å². The first kappa shape index (κ1) is 13.0. The number of nitrogens with zero attached hydrogens (tertiary/aromatic N) is 1. The summed E-state index contributed by atoms with van der Waals surface area (Å²) in [6, 6.07) is 8.31. The topological polar surface area (TPSA) is 92.5 Å². The lowest BCUT2D eigenvalue weighted by molar-refractivity contribution is -0.384. The van der Waals surface area contributed by atoms with E-state index in [1.807, 2.05) is 0 Å². The molecule has 0 bridgehead atoms.